The maximum atomic E-state index is 14.7. The molecule has 1 atom stereocenters. The zero-order chi connectivity index (χ0) is 34.0. The highest BCUT2D eigenvalue weighted by atomic mass is 32.2. The van der Waals surface area contributed by atoms with E-state index in [1.54, 1.807) is 55.6 Å². The summed E-state index contributed by atoms with van der Waals surface area (Å²) < 4.78 is 46.0. The Balaban J connectivity index is 1.87. The van der Waals surface area contributed by atoms with Gasteiger partial charge in [0.2, 0.25) is 11.8 Å². The summed E-state index contributed by atoms with van der Waals surface area (Å²) in [5.41, 5.74) is 1.64. The predicted octanol–water partition coefficient (Wildman–Crippen LogP) is 5.07. The summed E-state index contributed by atoms with van der Waals surface area (Å²) in [7, 11) is 0.109. The second kappa shape index (κ2) is 16.0. The first-order valence-electron chi connectivity index (χ1n) is 15.1. The molecule has 4 aromatic carbocycles. The molecule has 47 heavy (non-hydrogen) atoms. The van der Waals surface area contributed by atoms with Crippen LogP contribution in [0, 0.1) is 0 Å². The lowest BCUT2D eigenvalue weighted by Crippen LogP contribution is -2.54. The van der Waals surface area contributed by atoms with Crippen molar-refractivity contribution in [2.24, 2.45) is 0 Å². The third-order valence-electron chi connectivity index (χ3n) is 7.45. The molecule has 1 N–H and O–H groups in total. The quantitative estimate of drug-likeness (QED) is 0.190. The largest absolute Gasteiger partial charge is 0.497 e. The Morgan fingerprint density at radius 2 is 1.36 bits per heavy atom. The smallest absolute Gasteiger partial charge is 0.264 e. The summed E-state index contributed by atoms with van der Waals surface area (Å²) in [6.07, 6.45) is 0.197. The first-order valence-corrected chi connectivity index (χ1v) is 16.6. The van der Waals surface area contributed by atoms with E-state index in [2.05, 4.69) is 5.32 Å². The average molecular weight is 660 g/mol. The number of carbonyl (C=O) groups is 2. The van der Waals surface area contributed by atoms with Gasteiger partial charge in [-0.3, -0.25) is 13.9 Å². The summed E-state index contributed by atoms with van der Waals surface area (Å²) in [5, 5.41) is 2.96. The second-order valence-electron chi connectivity index (χ2n) is 11.1. The molecule has 0 aliphatic rings. The zero-order valence-corrected chi connectivity index (χ0v) is 28.1. The van der Waals surface area contributed by atoms with Crippen molar-refractivity contribution in [1.29, 1.82) is 0 Å². The number of sulfonamides is 1. The number of nitrogens with zero attached hydrogens (tertiary/aromatic N) is 2. The van der Waals surface area contributed by atoms with E-state index in [-0.39, 0.29) is 41.2 Å². The molecule has 0 aliphatic carbocycles. The molecule has 0 fully saturated rings. The van der Waals surface area contributed by atoms with Crippen LogP contribution in [0.4, 0.5) is 5.69 Å². The van der Waals surface area contributed by atoms with Crippen LogP contribution in [0.25, 0.3) is 0 Å². The Labute approximate surface area is 276 Å². The average Bonchev–Trinajstić information content (AvgIpc) is 3.08. The minimum absolute atomic E-state index is 0.00746. The number of hydrogen-bond donors (Lipinski definition) is 1. The number of benzene rings is 4. The van der Waals surface area contributed by atoms with E-state index < -0.39 is 28.5 Å². The fourth-order valence-electron chi connectivity index (χ4n) is 5.13. The van der Waals surface area contributed by atoms with Gasteiger partial charge in [0, 0.05) is 25.1 Å². The van der Waals surface area contributed by atoms with E-state index in [0.29, 0.717) is 17.1 Å². The van der Waals surface area contributed by atoms with Crippen LogP contribution in [0.15, 0.2) is 108 Å². The van der Waals surface area contributed by atoms with Crippen LogP contribution in [-0.2, 0) is 32.6 Å². The predicted molar refractivity (Wildman–Crippen MR) is 181 cm³/mol. The summed E-state index contributed by atoms with van der Waals surface area (Å²) >= 11 is 0. The molecule has 0 spiro atoms. The molecule has 0 heterocycles. The summed E-state index contributed by atoms with van der Waals surface area (Å²) in [5.74, 6) is 0.202. The molecule has 0 aliphatic heterocycles. The van der Waals surface area contributed by atoms with E-state index in [1.165, 1.54) is 37.3 Å². The van der Waals surface area contributed by atoms with Crippen LogP contribution in [0.3, 0.4) is 0 Å². The van der Waals surface area contributed by atoms with Gasteiger partial charge in [0.25, 0.3) is 10.0 Å². The van der Waals surface area contributed by atoms with Gasteiger partial charge < -0.3 is 24.4 Å². The van der Waals surface area contributed by atoms with Crippen LogP contribution in [0.1, 0.15) is 25.0 Å². The van der Waals surface area contributed by atoms with Crippen molar-refractivity contribution in [3.05, 3.63) is 114 Å². The van der Waals surface area contributed by atoms with E-state index in [4.69, 9.17) is 14.2 Å². The molecule has 248 valence electrons. The molecule has 0 saturated carbocycles. The number of carbonyl (C=O) groups excluding carboxylic acids is 2. The number of amides is 2. The zero-order valence-electron chi connectivity index (χ0n) is 27.3. The molecular formula is C36H41N3O7S. The molecule has 0 saturated heterocycles. The Morgan fingerprint density at radius 3 is 1.98 bits per heavy atom. The van der Waals surface area contributed by atoms with Crippen molar-refractivity contribution in [2.45, 2.75) is 43.8 Å². The molecule has 0 radical (unpaired) electrons. The number of methoxy groups -OCH3 is 3. The SMILES string of the molecule is COc1cccc(CN(C(=O)CN(c2cc(OC)ccc2OC)S(=O)(=O)c2ccccc2)C(Cc2ccccc2)C(=O)NC(C)C)c1. The Kier molecular flexibility index (Phi) is 11.9. The summed E-state index contributed by atoms with van der Waals surface area (Å²) in [6, 6.07) is 27.9. The minimum atomic E-state index is -4.32. The van der Waals surface area contributed by atoms with Gasteiger partial charge in [-0.1, -0.05) is 60.7 Å². The van der Waals surface area contributed by atoms with Crippen LogP contribution < -0.4 is 23.8 Å². The van der Waals surface area contributed by atoms with Crippen LogP contribution in [0.2, 0.25) is 0 Å². The normalized spacial score (nSPS) is 11.8. The molecule has 0 aromatic heterocycles. The minimum Gasteiger partial charge on any atom is -0.497 e. The monoisotopic (exact) mass is 659 g/mol. The number of anilines is 1. The van der Waals surface area contributed by atoms with Crippen molar-refractivity contribution >= 4 is 27.5 Å². The van der Waals surface area contributed by atoms with Gasteiger partial charge in [0.1, 0.15) is 29.8 Å². The van der Waals surface area contributed by atoms with Crippen LogP contribution in [-0.4, -0.2) is 65.1 Å². The van der Waals surface area contributed by atoms with Crippen molar-refractivity contribution in [1.82, 2.24) is 10.2 Å². The molecule has 1 unspecified atom stereocenters. The molecule has 0 bridgehead atoms. The number of hydrogen-bond acceptors (Lipinski definition) is 7. The van der Waals surface area contributed by atoms with E-state index >= 15 is 0 Å². The van der Waals surface area contributed by atoms with Crippen LogP contribution >= 0.6 is 0 Å². The highest BCUT2D eigenvalue weighted by Crippen LogP contribution is 2.36. The first-order chi connectivity index (χ1) is 22.6. The molecule has 11 heteroatoms. The first kappa shape index (κ1) is 34.8. The summed E-state index contributed by atoms with van der Waals surface area (Å²) in [6.45, 7) is 3.06. The van der Waals surface area contributed by atoms with Gasteiger partial charge >= 0.3 is 0 Å². The fraction of sp³-hybridized carbons (Fsp3) is 0.278. The van der Waals surface area contributed by atoms with Crippen molar-refractivity contribution in [3.8, 4) is 17.2 Å². The van der Waals surface area contributed by atoms with Crippen molar-refractivity contribution in [3.63, 3.8) is 0 Å². The molecule has 2 amide bonds. The van der Waals surface area contributed by atoms with Gasteiger partial charge in [-0.15, -0.1) is 0 Å². The number of rotatable bonds is 15. The van der Waals surface area contributed by atoms with Crippen molar-refractivity contribution < 1.29 is 32.2 Å². The maximum absolute atomic E-state index is 14.7. The second-order valence-corrected chi connectivity index (χ2v) is 13.0. The molecule has 4 aromatic rings. The van der Waals surface area contributed by atoms with E-state index in [1.807, 2.05) is 50.2 Å². The molecule has 4 rings (SSSR count). The fourth-order valence-corrected chi connectivity index (χ4v) is 6.56. The Bertz CT molecular complexity index is 1750. The maximum Gasteiger partial charge on any atom is 0.264 e. The van der Waals surface area contributed by atoms with Crippen LogP contribution in [0.5, 0.6) is 17.2 Å². The lowest BCUT2D eigenvalue weighted by atomic mass is 10.0. The van der Waals surface area contributed by atoms with Gasteiger partial charge in [0.15, 0.2) is 0 Å². The van der Waals surface area contributed by atoms with E-state index in [9.17, 15) is 18.0 Å². The third kappa shape index (κ3) is 8.82. The summed E-state index contributed by atoms with van der Waals surface area (Å²) in [4.78, 5) is 30.0. The third-order valence-corrected chi connectivity index (χ3v) is 9.23. The van der Waals surface area contributed by atoms with Gasteiger partial charge in [-0.2, -0.15) is 0 Å². The highest BCUT2D eigenvalue weighted by molar-refractivity contribution is 7.92. The Morgan fingerprint density at radius 1 is 0.745 bits per heavy atom. The Hall–Kier alpha value is -5.03. The van der Waals surface area contributed by atoms with Gasteiger partial charge in [0.05, 0.1) is 31.9 Å². The molecule has 10 nitrogen and oxygen atoms in total. The molecular weight excluding hydrogens is 618 g/mol. The van der Waals surface area contributed by atoms with Crippen molar-refractivity contribution in [2.75, 3.05) is 32.2 Å². The van der Waals surface area contributed by atoms with E-state index in [0.717, 1.165) is 9.87 Å². The lowest BCUT2D eigenvalue weighted by Gasteiger charge is -2.34. The number of ether oxygens (including phenoxy) is 3. The van der Waals surface area contributed by atoms with Gasteiger partial charge in [-0.05, 0) is 61.4 Å². The van der Waals surface area contributed by atoms with Gasteiger partial charge in [-0.25, -0.2) is 8.42 Å². The topological polar surface area (TPSA) is 114 Å². The highest BCUT2D eigenvalue weighted by Gasteiger charge is 2.36. The standard InChI is InChI=1S/C36H41N3O7S/c1-26(2)37-36(41)33(22-27-13-8-6-9-14-27)38(24-28-15-12-16-29(21-28)44-3)35(40)25-39(47(42,43)31-17-10-7-11-18-31)32-23-30(45-4)19-20-34(32)46-5/h6-21,23,26,33H,22,24-25H2,1-5H3,(H,37,41). The number of nitrogens with one attached hydrogen (secondary N) is 1. The lowest BCUT2D eigenvalue weighted by molar-refractivity contribution is -0.140.